The van der Waals surface area contributed by atoms with Gasteiger partial charge in [-0.15, -0.1) is 11.6 Å². The highest BCUT2D eigenvalue weighted by Crippen LogP contribution is 2.34. The first-order valence-electron chi connectivity index (χ1n) is 5.78. The molecule has 2 rings (SSSR count). The molecule has 2 aromatic carbocycles. The largest absolute Gasteiger partial charge is 0.450 e. The number of alkyl halides is 1. The van der Waals surface area contributed by atoms with Crippen molar-refractivity contribution in [1.29, 1.82) is 0 Å². The Balaban J connectivity index is 2.42. The van der Waals surface area contributed by atoms with Gasteiger partial charge in [0.2, 0.25) is 5.75 Å². The van der Waals surface area contributed by atoms with Crippen molar-refractivity contribution in [2.45, 2.75) is 12.8 Å². The fraction of sp³-hybridized carbons (Fsp3) is 0.143. The van der Waals surface area contributed by atoms with E-state index in [2.05, 4.69) is 0 Å². The number of ether oxygens (including phenoxy) is 1. The molecule has 2 aromatic rings. The average molecular weight is 296 g/mol. The fourth-order valence-corrected chi connectivity index (χ4v) is 1.99. The maximum Gasteiger partial charge on any atom is 0.314 e. The minimum absolute atomic E-state index is 0.0705. The van der Waals surface area contributed by atoms with Gasteiger partial charge in [-0.2, -0.15) is 0 Å². The van der Waals surface area contributed by atoms with E-state index in [1.807, 2.05) is 0 Å². The van der Waals surface area contributed by atoms with Crippen LogP contribution in [0.4, 0.5) is 10.1 Å². The van der Waals surface area contributed by atoms with Crippen molar-refractivity contribution in [3.8, 4) is 11.5 Å². The summed E-state index contributed by atoms with van der Waals surface area (Å²) in [6.07, 6.45) is 0. The van der Waals surface area contributed by atoms with Crippen LogP contribution in [0.3, 0.4) is 0 Å². The lowest BCUT2D eigenvalue weighted by atomic mass is 10.2. The lowest BCUT2D eigenvalue weighted by Gasteiger charge is -2.09. The van der Waals surface area contributed by atoms with Gasteiger partial charge in [-0.3, -0.25) is 10.1 Å². The van der Waals surface area contributed by atoms with Crippen molar-refractivity contribution in [2.75, 3.05) is 0 Å². The summed E-state index contributed by atoms with van der Waals surface area (Å²) in [4.78, 5) is 10.5. The van der Waals surface area contributed by atoms with Crippen LogP contribution in [0.15, 0.2) is 36.4 Å². The lowest BCUT2D eigenvalue weighted by Crippen LogP contribution is -1.96. The normalized spacial score (nSPS) is 10.3. The highest BCUT2D eigenvalue weighted by atomic mass is 35.5. The van der Waals surface area contributed by atoms with Gasteiger partial charge in [-0.1, -0.05) is 12.1 Å². The second-order valence-electron chi connectivity index (χ2n) is 4.21. The van der Waals surface area contributed by atoms with Crippen LogP contribution in [0.1, 0.15) is 11.1 Å². The lowest BCUT2D eigenvalue weighted by molar-refractivity contribution is -0.386. The molecule has 0 spiro atoms. The summed E-state index contributed by atoms with van der Waals surface area (Å²) in [6, 6.07) is 8.70. The van der Waals surface area contributed by atoms with E-state index < -0.39 is 10.7 Å². The Bertz CT molecular complexity index is 661. The Labute approximate surface area is 119 Å². The fourth-order valence-electron chi connectivity index (χ4n) is 1.83. The topological polar surface area (TPSA) is 52.4 Å². The number of nitro groups is 1. The second kappa shape index (κ2) is 5.88. The van der Waals surface area contributed by atoms with Crippen molar-refractivity contribution in [2.24, 2.45) is 0 Å². The maximum atomic E-state index is 13.4. The number of hydrogen-bond donors (Lipinski definition) is 0. The summed E-state index contributed by atoms with van der Waals surface area (Å²) in [5, 5.41) is 11.1. The zero-order valence-corrected chi connectivity index (χ0v) is 11.4. The van der Waals surface area contributed by atoms with Crippen LogP contribution in [0.25, 0.3) is 0 Å². The van der Waals surface area contributed by atoms with Gasteiger partial charge in [-0.05, 0) is 30.7 Å². The number of benzene rings is 2. The van der Waals surface area contributed by atoms with E-state index in [9.17, 15) is 14.5 Å². The van der Waals surface area contributed by atoms with E-state index in [1.54, 1.807) is 25.1 Å². The zero-order chi connectivity index (χ0) is 14.7. The van der Waals surface area contributed by atoms with Crippen LogP contribution >= 0.6 is 11.6 Å². The van der Waals surface area contributed by atoms with Crippen LogP contribution in [0.2, 0.25) is 0 Å². The molecule has 0 N–H and O–H groups in total. The van der Waals surface area contributed by atoms with Crippen LogP contribution in [0, 0.1) is 22.9 Å². The maximum absolute atomic E-state index is 13.4. The van der Waals surface area contributed by atoms with Gasteiger partial charge in [0.05, 0.1) is 4.92 Å². The molecule has 0 fully saturated rings. The SMILES string of the molecule is Cc1cccc(Oc2cc(F)cc(CCl)c2)c1[N+](=O)[O-]. The highest BCUT2D eigenvalue weighted by Gasteiger charge is 2.19. The Morgan fingerprint density at radius 1 is 1.35 bits per heavy atom. The van der Waals surface area contributed by atoms with Crippen molar-refractivity contribution < 1.29 is 14.1 Å². The molecule has 0 aliphatic carbocycles. The molecule has 0 aliphatic rings. The minimum atomic E-state index is -0.521. The van der Waals surface area contributed by atoms with Crippen molar-refractivity contribution in [3.63, 3.8) is 0 Å². The predicted molar refractivity (Wildman–Crippen MR) is 73.9 cm³/mol. The first-order chi connectivity index (χ1) is 9.51. The second-order valence-corrected chi connectivity index (χ2v) is 4.48. The molecule has 0 radical (unpaired) electrons. The van der Waals surface area contributed by atoms with Gasteiger partial charge in [0, 0.05) is 17.5 Å². The van der Waals surface area contributed by atoms with E-state index in [0.717, 1.165) is 6.07 Å². The van der Waals surface area contributed by atoms with Crippen molar-refractivity contribution >= 4 is 17.3 Å². The molecular formula is C14H11ClFNO3. The summed E-state index contributed by atoms with van der Waals surface area (Å²) in [6.45, 7) is 1.61. The Kier molecular flexibility index (Phi) is 4.20. The smallest absolute Gasteiger partial charge is 0.314 e. The first-order valence-corrected chi connectivity index (χ1v) is 6.32. The van der Waals surface area contributed by atoms with Crippen LogP contribution in [-0.4, -0.2) is 4.92 Å². The molecule has 0 bridgehead atoms. The summed E-state index contributed by atoms with van der Waals surface area (Å²) in [7, 11) is 0. The third-order valence-electron chi connectivity index (χ3n) is 2.70. The molecule has 20 heavy (non-hydrogen) atoms. The number of halogens is 2. The predicted octanol–water partition coefficient (Wildman–Crippen LogP) is 4.57. The van der Waals surface area contributed by atoms with Gasteiger partial charge < -0.3 is 4.74 Å². The van der Waals surface area contributed by atoms with Crippen LogP contribution in [-0.2, 0) is 5.88 Å². The van der Waals surface area contributed by atoms with Gasteiger partial charge in [0.25, 0.3) is 0 Å². The monoisotopic (exact) mass is 295 g/mol. The molecule has 0 atom stereocenters. The molecule has 0 unspecified atom stereocenters. The van der Waals surface area contributed by atoms with Crippen LogP contribution in [0.5, 0.6) is 11.5 Å². The molecule has 0 aromatic heterocycles. The summed E-state index contributed by atoms with van der Waals surface area (Å²) >= 11 is 5.65. The number of nitro benzene ring substituents is 1. The van der Waals surface area contributed by atoms with Gasteiger partial charge in [-0.25, -0.2) is 4.39 Å². The molecule has 0 aliphatic heterocycles. The Morgan fingerprint density at radius 2 is 2.10 bits per heavy atom. The van der Waals surface area contributed by atoms with Gasteiger partial charge >= 0.3 is 5.69 Å². The molecule has 104 valence electrons. The number of para-hydroxylation sites is 1. The number of nitrogens with zero attached hydrogens (tertiary/aromatic N) is 1. The quantitative estimate of drug-likeness (QED) is 0.471. The van der Waals surface area contributed by atoms with Gasteiger partial charge in [0.1, 0.15) is 11.6 Å². The standard InChI is InChI=1S/C14H11ClFNO3/c1-9-3-2-4-13(14(9)17(18)19)20-12-6-10(8-15)5-11(16)7-12/h2-7H,8H2,1H3. The van der Waals surface area contributed by atoms with Crippen LogP contribution < -0.4 is 4.74 Å². The number of aryl methyl sites for hydroxylation is 1. The Morgan fingerprint density at radius 3 is 2.75 bits per heavy atom. The number of rotatable bonds is 4. The van der Waals surface area contributed by atoms with E-state index >= 15 is 0 Å². The summed E-state index contributed by atoms with van der Waals surface area (Å²) < 4.78 is 18.8. The third-order valence-corrected chi connectivity index (χ3v) is 3.01. The van der Waals surface area contributed by atoms with Crippen molar-refractivity contribution in [1.82, 2.24) is 0 Å². The minimum Gasteiger partial charge on any atom is -0.450 e. The zero-order valence-electron chi connectivity index (χ0n) is 10.6. The van der Waals surface area contributed by atoms with Gasteiger partial charge in [0.15, 0.2) is 0 Å². The van der Waals surface area contributed by atoms with E-state index in [-0.39, 0.29) is 23.1 Å². The average Bonchev–Trinajstić information content (AvgIpc) is 2.37. The van der Waals surface area contributed by atoms with E-state index in [4.69, 9.17) is 16.3 Å². The number of hydrogen-bond acceptors (Lipinski definition) is 3. The van der Waals surface area contributed by atoms with E-state index in [1.165, 1.54) is 12.1 Å². The van der Waals surface area contributed by atoms with Crippen molar-refractivity contribution in [3.05, 3.63) is 63.5 Å². The Hall–Kier alpha value is -2.14. The molecule has 0 heterocycles. The molecule has 6 heteroatoms. The molecule has 4 nitrogen and oxygen atoms in total. The summed E-state index contributed by atoms with van der Waals surface area (Å²) in [5.74, 6) is -0.131. The molecule has 0 saturated heterocycles. The molecular weight excluding hydrogens is 285 g/mol. The van der Waals surface area contributed by atoms with E-state index in [0.29, 0.717) is 11.1 Å². The highest BCUT2D eigenvalue weighted by molar-refractivity contribution is 6.17. The first kappa shape index (κ1) is 14.3. The molecule has 0 amide bonds. The third kappa shape index (κ3) is 3.05. The molecule has 0 saturated carbocycles. The summed E-state index contributed by atoms with van der Waals surface area (Å²) in [5.41, 5.74) is 0.877.